The standard InChI is InChI=1S/C13H10BrClN2O/c1-8-11(5-6-12(15)16-8)17-13(18)9-3-2-4-10(14)7-9/h2-7H,1H3,(H,17,18). The molecule has 1 N–H and O–H groups in total. The first-order valence-electron chi connectivity index (χ1n) is 5.26. The molecule has 1 amide bonds. The van der Waals surface area contributed by atoms with Gasteiger partial charge in [-0.05, 0) is 37.3 Å². The number of anilines is 1. The molecule has 3 nitrogen and oxygen atoms in total. The Morgan fingerprint density at radius 3 is 2.78 bits per heavy atom. The second kappa shape index (κ2) is 5.50. The van der Waals surface area contributed by atoms with Gasteiger partial charge in [0.05, 0.1) is 11.4 Å². The Hall–Kier alpha value is -1.39. The van der Waals surface area contributed by atoms with Crippen molar-refractivity contribution in [3.63, 3.8) is 0 Å². The first-order chi connectivity index (χ1) is 8.56. The number of carbonyl (C=O) groups excluding carboxylic acids is 1. The highest BCUT2D eigenvalue weighted by atomic mass is 79.9. The lowest BCUT2D eigenvalue weighted by Crippen LogP contribution is -2.13. The van der Waals surface area contributed by atoms with Crippen LogP contribution in [-0.2, 0) is 0 Å². The van der Waals surface area contributed by atoms with Gasteiger partial charge in [0.15, 0.2) is 0 Å². The van der Waals surface area contributed by atoms with Gasteiger partial charge in [-0.15, -0.1) is 0 Å². The summed E-state index contributed by atoms with van der Waals surface area (Å²) in [5, 5.41) is 3.21. The normalized spacial score (nSPS) is 10.2. The topological polar surface area (TPSA) is 42.0 Å². The van der Waals surface area contributed by atoms with E-state index in [1.54, 1.807) is 31.2 Å². The summed E-state index contributed by atoms with van der Waals surface area (Å²) in [5.41, 5.74) is 1.92. The van der Waals surface area contributed by atoms with E-state index in [1.165, 1.54) is 0 Å². The van der Waals surface area contributed by atoms with Crippen molar-refractivity contribution in [1.82, 2.24) is 4.98 Å². The Kier molecular flexibility index (Phi) is 3.99. The zero-order chi connectivity index (χ0) is 13.1. The highest BCUT2D eigenvalue weighted by molar-refractivity contribution is 9.10. The van der Waals surface area contributed by atoms with Gasteiger partial charge in [0, 0.05) is 10.0 Å². The first kappa shape index (κ1) is 13.1. The zero-order valence-corrected chi connectivity index (χ0v) is 11.9. The molecule has 1 aromatic carbocycles. The average molecular weight is 326 g/mol. The molecule has 0 saturated carbocycles. The summed E-state index contributed by atoms with van der Waals surface area (Å²) >= 11 is 9.09. The second-order valence-electron chi connectivity index (χ2n) is 3.73. The number of rotatable bonds is 2. The molecule has 2 rings (SSSR count). The quantitative estimate of drug-likeness (QED) is 0.846. The van der Waals surface area contributed by atoms with Gasteiger partial charge >= 0.3 is 0 Å². The fourth-order valence-corrected chi connectivity index (χ4v) is 2.08. The van der Waals surface area contributed by atoms with E-state index in [-0.39, 0.29) is 5.91 Å². The van der Waals surface area contributed by atoms with E-state index in [0.717, 1.165) is 4.47 Å². The van der Waals surface area contributed by atoms with Crippen molar-refractivity contribution < 1.29 is 4.79 Å². The van der Waals surface area contributed by atoms with Crippen LogP contribution in [0.5, 0.6) is 0 Å². The molecule has 0 atom stereocenters. The molecule has 0 aliphatic heterocycles. The van der Waals surface area contributed by atoms with Crippen LogP contribution in [0.1, 0.15) is 16.1 Å². The number of hydrogen-bond acceptors (Lipinski definition) is 2. The van der Waals surface area contributed by atoms with E-state index in [2.05, 4.69) is 26.2 Å². The molecule has 1 aromatic heterocycles. The number of amides is 1. The maximum Gasteiger partial charge on any atom is 0.255 e. The third kappa shape index (κ3) is 3.09. The molecule has 5 heteroatoms. The maximum absolute atomic E-state index is 12.0. The van der Waals surface area contributed by atoms with Crippen molar-refractivity contribution in [2.75, 3.05) is 5.32 Å². The third-order valence-electron chi connectivity index (χ3n) is 2.39. The number of benzene rings is 1. The highest BCUT2D eigenvalue weighted by Gasteiger charge is 2.08. The average Bonchev–Trinajstić information content (AvgIpc) is 2.32. The fourth-order valence-electron chi connectivity index (χ4n) is 1.49. The van der Waals surface area contributed by atoms with Crippen LogP contribution in [0.3, 0.4) is 0 Å². The fraction of sp³-hybridized carbons (Fsp3) is 0.0769. The number of nitrogens with zero attached hydrogens (tertiary/aromatic N) is 1. The number of halogens is 2. The summed E-state index contributed by atoms with van der Waals surface area (Å²) in [6, 6.07) is 10.6. The summed E-state index contributed by atoms with van der Waals surface area (Å²) in [4.78, 5) is 16.1. The van der Waals surface area contributed by atoms with E-state index in [0.29, 0.717) is 22.1 Å². The molecule has 0 unspecified atom stereocenters. The Morgan fingerprint density at radius 2 is 2.11 bits per heavy atom. The number of carbonyl (C=O) groups is 1. The molecular weight excluding hydrogens is 316 g/mol. The Labute approximate surface area is 118 Å². The van der Waals surface area contributed by atoms with Crippen molar-refractivity contribution in [1.29, 1.82) is 0 Å². The van der Waals surface area contributed by atoms with E-state index in [1.807, 2.05) is 12.1 Å². The molecule has 0 saturated heterocycles. The molecule has 0 bridgehead atoms. The zero-order valence-electron chi connectivity index (χ0n) is 9.58. The van der Waals surface area contributed by atoms with Crippen LogP contribution in [0.25, 0.3) is 0 Å². The van der Waals surface area contributed by atoms with Crippen LogP contribution in [0.4, 0.5) is 5.69 Å². The van der Waals surface area contributed by atoms with Gasteiger partial charge in [-0.1, -0.05) is 33.6 Å². The lowest BCUT2D eigenvalue weighted by atomic mass is 10.2. The van der Waals surface area contributed by atoms with Crippen LogP contribution < -0.4 is 5.32 Å². The van der Waals surface area contributed by atoms with Crippen LogP contribution in [0, 0.1) is 6.92 Å². The number of pyridine rings is 1. The predicted molar refractivity (Wildman–Crippen MR) is 76.1 cm³/mol. The lowest BCUT2D eigenvalue weighted by Gasteiger charge is -2.08. The van der Waals surface area contributed by atoms with Crippen molar-refractivity contribution in [2.45, 2.75) is 6.92 Å². The Balaban J connectivity index is 2.21. The molecule has 0 radical (unpaired) electrons. The summed E-state index contributed by atoms with van der Waals surface area (Å²) in [7, 11) is 0. The Morgan fingerprint density at radius 1 is 1.33 bits per heavy atom. The van der Waals surface area contributed by atoms with Gasteiger partial charge in [0.25, 0.3) is 5.91 Å². The number of aryl methyl sites for hydroxylation is 1. The molecule has 0 aliphatic carbocycles. The molecule has 2 aromatic rings. The Bertz CT molecular complexity index is 601. The van der Waals surface area contributed by atoms with Crippen LogP contribution >= 0.6 is 27.5 Å². The van der Waals surface area contributed by atoms with Gasteiger partial charge in [0.1, 0.15) is 5.15 Å². The summed E-state index contributed by atoms with van der Waals surface area (Å²) in [6.45, 7) is 1.79. The van der Waals surface area contributed by atoms with Crippen molar-refractivity contribution >= 4 is 39.1 Å². The van der Waals surface area contributed by atoms with Gasteiger partial charge in [-0.3, -0.25) is 4.79 Å². The van der Waals surface area contributed by atoms with Crippen LogP contribution in [0.2, 0.25) is 5.15 Å². The smallest absolute Gasteiger partial charge is 0.255 e. The molecule has 0 spiro atoms. The first-order valence-corrected chi connectivity index (χ1v) is 6.43. The van der Waals surface area contributed by atoms with Crippen molar-refractivity contribution in [3.05, 3.63) is 57.3 Å². The van der Waals surface area contributed by atoms with Crippen LogP contribution in [-0.4, -0.2) is 10.9 Å². The van der Waals surface area contributed by atoms with Crippen molar-refractivity contribution in [3.8, 4) is 0 Å². The molecule has 18 heavy (non-hydrogen) atoms. The minimum absolute atomic E-state index is 0.177. The molecule has 92 valence electrons. The SMILES string of the molecule is Cc1nc(Cl)ccc1NC(=O)c1cccc(Br)c1. The minimum Gasteiger partial charge on any atom is -0.320 e. The number of aromatic nitrogens is 1. The number of nitrogens with one attached hydrogen (secondary N) is 1. The van der Waals surface area contributed by atoms with Gasteiger partial charge < -0.3 is 5.32 Å². The minimum atomic E-state index is -0.177. The monoisotopic (exact) mass is 324 g/mol. The van der Waals surface area contributed by atoms with E-state index < -0.39 is 0 Å². The predicted octanol–water partition coefficient (Wildman–Crippen LogP) is 4.06. The molecule has 0 fully saturated rings. The van der Waals surface area contributed by atoms with Gasteiger partial charge in [0.2, 0.25) is 0 Å². The maximum atomic E-state index is 12.0. The summed E-state index contributed by atoms with van der Waals surface area (Å²) in [5.74, 6) is -0.177. The van der Waals surface area contributed by atoms with Crippen molar-refractivity contribution in [2.24, 2.45) is 0 Å². The molecular formula is C13H10BrClN2O. The van der Waals surface area contributed by atoms with E-state index >= 15 is 0 Å². The second-order valence-corrected chi connectivity index (χ2v) is 5.03. The van der Waals surface area contributed by atoms with E-state index in [4.69, 9.17) is 11.6 Å². The largest absolute Gasteiger partial charge is 0.320 e. The lowest BCUT2D eigenvalue weighted by molar-refractivity contribution is 0.102. The summed E-state index contributed by atoms with van der Waals surface area (Å²) in [6.07, 6.45) is 0. The number of hydrogen-bond donors (Lipinski definition) is 1. The molecule has 0 aliphatic rings. The van der Waals surface area contributed by atoms with Gasteiger partial charge in [-0.25, -0.2) is 4.98 Å². The van der Waals surface area contributed by atoms with Crippen LogP contribution in [0.15, 0.2) is 40.9 Å². The third-order valence-corrected chi connectivity index (χ3v) is 3.09. The summed E-state index contributed by atoms with van der Waals surface area (Å²) < 4.78 is 0.862. The van der Waals surface area contributed by atoms with Gasteiger partial charge in [-0.2, -0.15) is 0 Å². The highest BCUT2D eigenvalue weighted by Crippen LogP contribution is 2.18. The molecule has 1 heterocycles. The van der Waals surface area contributed by atoms with E-state index in [9.17, 15) is 4.79 Å².